The van der Waals surface area contributed by atoms with Gasteiger partial charge in [0.15, 0.2) is 12.9 Å². The molecule has 0 spiro atoms. The fourth-order valence-corrected chi connectivity index (χ4v) is 2.01. The predicted octanol–water partition coefficient (Wildman–Crippen LogP) is 2.11. The van der Waals surface area contributed by atoms with Gasteiger partial charge in [0.05, 0.1) is 17.6 Å². The maximum atomic E-state index is 11.8. The van der Waals surface area contributed by atoms with Crippen molar-refractivity contribution in [1.82, 2.24) is 5.32 Å². The van der Waals surface area contributed by atoms with Crippen LogP contribution in [0.25, 0.3) is 0 Å². The molecule has 0 aliphatic carbocycles. The molecule has 0 heterocycles. The second-order valence-corrected chi connectivity index (χ2v) is 5.01. The number of nitrogens with one attached hydrogen (secondary N) is 1. The lowest BCUT2D eigenvalue weighted by Crippen LogP contribution is -2.28. The summed E-state index contributed by atoms with van der Waals surface area (Å²) >= 11 is 0. The summed E-state index contributed by atoms with van der Waals surface area (Å²) in [6, 6.07) is 10.8. The highest BCUT2D eigenvalue weighted by atomic mass is 16.6. The van der Waals surface area contributed by atoms with Crippen molar-refractivity contribution in [3.63, 3.8) is 0 Å². The summed E-state index contributed by atoms with van der Waals surface area (Å²) in [5.41, 5.74) is 0.675. The lowest BCUT2D eigenvalue weighted by Gasteiger charge is -2.09. The first-order chi connectivity index (χ1) is 12.0. The SMILES string of the molecule is COc1ccc(CNC(=O)COc2ccc([N+](=O)[O-])cc2C=O)cc1. The second kappa shape index (κ2) is 8.44. The molecule has 1 amide bonds. The third-order valence-corrected chi connectivity index (χ3v) is 3.34. The predicted molar refractivity (Wildman–Crippen MR) is 88.8 cm³/mol. The van der Waals surface area contributed by atoms with E-state index in [1.807, 2.05) is 12.1 Å². The summed E-state index contributed by atoms with van der Waals surface area (Å²) in [6.45, 7) is 0.00178. The third kappa shape index (κ3) is 5.03. The van der Waals surface area contributed by atoms with E-state index in [0.717, 1.165) is 17.4 Å². The highest BCUT2D eigenvalue weighted by Crippen LogP contribution is 2.22. The summed E-state index contributed by atoms with van der Waals surface area (Å²) in [4.78, 5) is 32.9. The maximum absolute atomic E-state index is 11.8. The zero-order chi connectivity index (χ0) is 18.2. The summed E-state index contributed by atoms with van der Waals surface area (Å²) in [5, 5.41) is 13.4. The van der Waals surface area contributed by atoms with Crippen LogP contribution in [-0.2, 0) is 11.3 Å². The van der Waals surface area contributed by atoms with Gasteiger partial charge in [0.25, 0.3) is 11.6 Å². The first-order valence-electron chi connectivity index (χ1n) is 7.29. The molecule has 0 aliphatic heterocycles. The summed E-state index contributed by atoms with van der Waals surface area (Å²) < 4.78 is 10.3. The Hall–Kier alpha value is -3.42. The molecule has 0 unspecified atom stereocenters. The van der Waals surface area contributed by atoms with Gasteiger partial charge in [0.1, 0.15) is 11.5 Å². The Morgan fingerprint density at radius 1 is 1.24 bits per heavy atom. The third-order valence-electron chi connectivity index (χ3n) is 3.34. The number of hydrogen-bond donors (Lipinski definition) is 1. The van der Waals surface area contributed by atoms with Crippen molar-refractivity contribution in [3.8, 4) is 11.5 Å². The number of carbonyl (C=O) groups is 2. The highest BCUT2D eigenvalue weighted by molar-refractivity contribution is 5.82. The summed E-state index contributed by atoms with van der Waals surface area (Å²) in [7, 11) is 1.57. The van der Waals surface area contributed by atoms with Crippen LogP contribution in [0.3, 0.4) is 0 Å². The van der Waals surface area contributed by atoms with Crippen molar-refractivity contribution in [2.24, 2.45) is 0 Å². The number of ether oxygens (including phenoxy) is 2. The normalized spacial score (nSPS) is 9.96. The Bertz CT molecular complexity index is 773. The van der Waals surface area contributed by atoms with Gasteiger partial charge in [0.2, 0.25) is 0 Å². The van der Waals surface area contributed by atoms with E-state index in [1.54, 1.807) is 19.2 Å². The second-order valence-electron chi connectivity index (χ2n) is 5.01. The van der Waals surface area contributed by atoms with Crippen molar-refractivity contribution in [2.45, 2.75) is 6.54 Å². The van der Waals surface area contributed by atoms with Crippen LogP contribution in [-0.4, -0.2) is 30.8 Å². The monoisotopic (exact) mass is 344 g/mol. The number of rotatable bonds is 8. The van der Waals surface area contributed by atoms with E-state index in [2.05, 4.69) is 5.32 Å². The molecule has 0 aliphatic rings. The average molecular weight is 344 g/mol. The van der Waals surface area contributed by atoms with Crippen LogP contribution in [0, 0.1) is 10.1 Å². The summed E-state index contributed by atoms with van der Waals surface area (Å²) in [6.07, 6.45) is 0.442. The van der Waals surface area contributed by atoms with Gasteiger partial charge in [0, 0.05) is 18.7 Å². The molecule has 130 valence electrons. The average Bonchev–Trinajstić information content (AvgIpc) is 2.64. The molecular formula is C17H16N2O6. The van der Waals surface area contributed by atoms with E-state index in [4.69, 9.17) is 9.47 Å². The Morgan fingerprint density at radius 2 is 1.96 bits per heavy atom. The molecule has 0 fully saturated rings. The molecule has 0 saturated carbocycles. The minimum absolute atomic E-state index is 0.0113. The lowest BCUT2D eigenvalue weighted by atomic mass is 10.2. The molecule has 0 atom stereocenters. The Morgan fingerprint density at radius 3 is 2.56 bits per heavy atom. The summed E-state index contributed by atoms with van der Waals surface area (Å²) in [5.74, 6) is 0.448. The first kappa shape index (κ1) is 17.9. The molecule has 2 rings (SSSR count). The zero-order valence-electron chi connectivity index (χ0n) is 13.4. The fraction of sp³-hybridized carbons (Fsp3) is 0.176. The Labute approximate surface area is 143 Å². The van der Waals surface area contributed by atoms with Crippen LogP contribution in [0.2, 0.25) is 0 Å². The van der Waals surface area contributed by atoms with Crippen molar-refractivity contribution in [1.29, 1.82) is 0 Å². The van der Waals surface area contributed by atoms with Gasteiger partial charge >= 0.3 is 0 Å². The number of aldehydes is 1. The molecule has 0 bridgehead atoms. The van der Waals surface area contributed by atoms with Crippen LogP contribution in [0.4, 0.5) is 5.69 Å². The minimum atomic E-state index is -0.613. The first-order valence-corrected chi connectivity index (χ1v) is 7.29. The molecule has 8 nitrogen and oxygen atoms in total. The topological polar surface area (TPSA) is 108 Å². The molecule has 25 heavy (non-hydrogen) atoms. The van der Waals surface area contributed by atoms with Gasteiger partial charge in [-0.15, -0.1) is 0 Å². The van der Waals surface area contributed by atoms with Crippen LogP contribution in [0.15, 0.2) is 42.5 Å². The van der Waals surface area contributed by atoms with Gasteiger partial charge < -0.3 is 14.8 Å². The van der Waals surface area contributed by atoms with Gasteiger partial charge in [-0.3, -0.25) is 19.7 Å². The Balaban J connectivity index is 1.88. The van der Waals surface area contributed by atoms with Gasteiger partial charge in [-0.05, 0) is 23.8 Å². The smallest absolute Gasteiger partial charge is 0.270 e. The molecule has 2 aromatic rings. The van der Waals surface area contributed by atoms with Crippen molar-refractivity contribution < 1.29 is 24.0 Å². The number of methoxy groups -OCH3 is 1. The van der Waals surface area contributed by atoms with E-state index in [-0.39, 0.29) is 29.5 Å². The molecular weight excluding hydrogens is 328 g/mol. The number of hydrogen-bond acceptors (Lipinski definition) is 6. The maximum Gasteiger partial charge on any atom is 0.270 e. The van der Waals surface area contributed by atoms with Crippen LogP contribution < -0.4 is 14.8 Å². The highest BCUT2D eigenvalue weighted by Gasteiger charge is 2.12. The van der Waals surface area contributed by atoms with Crippen molar-refractivity contribution in [3.05, 3.63) is 63.7 Å². The van der Waals surface area contributed by atoms with Crippen molar-refractivity contribution >= 4 is 17.9 Å². The lowest BCUT2D eigenvalue weighted by molar-refractivity contribution is -0.384. The van der Waals surface area contributed by atoms with E-state index in [0.29, 0.717) is 12.8 Å². The molecule has 8 heteroatoms. The molecule has 1 N–H and O–H groups in total. The quantitative estimate of drug-likeness (QED) is 0.446. The number of benzene rings is 2. The van der Waals surface area contributed by atoms with Gasteiger partial charge in [-0.25, -0.2) is 0 Å². The molecule has 0 radical (unpaired) electrons. The van der Waals surface area contributed by atoms with E-state index >= 15 is 0 Å². The Kier molecular flexibility index (Phi) is 6.05. The standard InChI is InChI=1S/C17H16N2O6/c1-24-15-5-2-12(3-6-15)9-18-17(21)11-25-16-7-4-14(19(22)23)8-13(16)10-20/h2-8,10H,9,11H2,1H3,(H,18,21). The minimum Gasteiger partial charge on any atom is -0.497 e. The van der Waals surface area contributed by atoms with Crippen LogP contribution in [0.5, 0.6) is 11.5 Å². The van der Waals surface area contributed by atoms with Crippen LogP contribution in [0.1, 0.15) is 15.9 Å². The van der Waals surface area contributed by atoms with E-state index in [9.17, 15) is 19.7 Å². The molecule has 2 aromatic carbocycles. The number of non-ortho nitro benzene ring substituents is 1. The molecule has 0 saturated heterocycles. The molecule has 0 aromatic heterocycles. The van der Waals surface area contributed by atoms with E-state index in [1.165, 1.54) is 12.1 Å². The van der Waals surface area contributed by atoms with Gasteiger partial charge in [-0.1, -0.05) is 12.1 Å². The number of nitro groups is 1. The largest absolute Gasteiger partial charge is 0.497 e. The number of carbonyl (C=O) groups excluding carboxylic acids is 2. The number of amides is 1. The number of nitrogens with zero attached hydrogens (tertiary/aromatic N) is 1. The fourth-order valence-electron chi connectivity index (χ4n) is 2.01. The van der Waals surface area contributed by atoms with Crippen LogP contribution >= 0.6 is 0 Å². The van der Waals surface area contributed by atoms with Gasteiger partial charge in [-0.2, -0.15) is 0 Å². The van der Waals surface area contributed by atoms with Crippen molar-refractivity contribution in [2.75, 3.05) is 13.7 Å². The zero-order valence-corrected chi connectivity index (χ0v) is 13.4. The van der Waals surface area contributed by atoms with E-state index < -0.39 is 4.92 Å². The number of nitro benzene ring substituents is 1.